The Balaban J connectivity index is 2.36. The molecule has 0 bridgehead atoms. The molecule has 1 aromatic carbocycles. The third kappa shape index (κ3) is 2.17. The van der Waals surface area contributed by atoms with E-state index in [0.717, 1.165) is 15.8 Å². The monoisotopic (exact) mass is 254 g/mol. The molecule has 0 fully saturated rings. The van der Waals surface area contributed by atoms with Crippen LogP contribution in [0.25, 0.3) is 11.0 Å². The minimum absolute atomic E-state index is 0.348. The SMILES string of the molecule is CC(C)(C)[Se]c1nc2ccccc2[nH]1. The topological polar surface area (TPSA) is 28.7 Å². The number of hydrogen-bond donors (Lipinski definition) is 1. The van der Waals surface area contributed by atoms with Crippen LogP contribution >= 0.6 is 0 Å². The van der Waals surface area contributed by atoms with Crippen molar-refractivity contribution < 1.29 is 0 Å². The zero-order valence-corrected chi connectivity index (χ0v) is 10.4. The maximum atomic E-state index is 4.57. The van der Waals surface area contributed by atoms with Crippen LogP contribution < -0.4 is 4.72 Å². The Morgan fingerprint density at radius 2 is 1.93 bits per heavy atom. The Morgan fingerprint density at radius 1 is 1.21 bits per heavy atom. The fourth-order valence-corrected chi connectivity index (χ4v) is 3.12. The first-order valence-corrected chi connectivity index (χ1v) is 6.40. The molecule has 14 heavy (non-hydrogen) atoms. The summed E-state index contributed by atoms with van der Waals surface area (Å²) < 4.78 is 1.49. The van der Waals surface area contributed by atoms with Gasteiger partial charge in [-0.25, -0.2) is 0 Å². The van der Waals surface area contributed by atoms with Gasteiger partial charge in [0.05, 0.1) is 0 Å². The summed E-state index contributed by atoms with van der Waals surface area (Å²) in [6.45, 7) is 6.75. The molecule has 1 heterocycles. The Labute approximate surface area is 90.3 Å². The fraction of sp³-hybridized carbons (Fsp3) is 0.364. The molecule has 0 atom stereocenters. The van der Waals surface area contributed by atoms with Crippen molar-refractivity contribution in [1.29, 1.82) is 0 Å². The molecule has 2 rings (SSSR count). The zero-order chi connectivity index (χ0) is 10.2. The van der Waals surface area contributed by atoms with Gasteiger partial charge in [-0.05, 0) is 0 Å². The molecular formula is C11H14N2Se. The van der Waals surface area contributed by atoms with Crippen LogP contribution in [0.3, 0.4) is 0 Å². The molecule has 3 heteroatoms. The minimum atomic E-state index is 0.348. The quantitative estimate of drug-likeness (QED) is 0.775. The van der Waals surface area contributed by atoms with E-state index in [1.54, 1.807) is 0 Å². The average molecular weight is 253 g/mol. The molecule has 0 aliphatic carbocycles. The van der Waals surface area contributed by atoms with Crippen molar-refractivity contribution in [2.45, 2.75) is 25.1 Å². The van der Waals surface area contributed by atoms with Crippen molar-refractivity contribution in [2.75, 3.05) is 0 Å². The van der Waals surface area contributed by atoms with E-state index in [2.05, 4.69) is 36.8 Å². The van der Waals surface area contributed by atoms with Crippen molar-refractivity contribution in [3.05, 3.63) is 24.3 Å². The van der Waals surface area contributed by atoms with E-state index in [1.807, 2.05) is 18.2 Å². The molecule has 1 N–H and O–H groups in total. The molecular weight excluding hydrogens is 239 g/mol. The number of aromatic nitrogens is 2. The van der Waals surface area contributed by atoms with Crippen LogP contribution in [0, 0.1) is 0 Å². The first-order chi connectivity index (χ1) is 6.54. The molecule has 0 unspecified atom stereocenters. The second-order valence-corrected chi connectivity index (χ2v) is 8.08. The van der Waals surface area contributed by atoms with Gasteiger partial charge in [0.15, 0.2) is 0 Å². The average Bonchev–Trinajstić information content (AvgIpc) is 2.42. The van der Waals surface area contributed by atoms with E-state index >= 15 is 0 Å². The van der Waals surface area contributed by atoms with Crippen molar-refractivity contribution in [3.8, 4) is 0 Å². The van der Waals surface area contributed by atoms with Crippen LogP contribution in [0.1, 0.15) is 20.8 Å². The molecule has 0 aliphatic rings. The predicted octanol–water partition coefficient (Wildman–Crippen LogP) is 2.11. The van der Waals surface area contributed by atoms with Gasteiger partial charge in [0.25, 0.3) is 0 Å². The number of rotatable bonds is 1. The number of aromatic amines is 1. The van der Waals surface area contributed by atoms with E-state index < -0.39 is 0 Å². The third-order valence-electron chi connectivity index (χ3n) is 1.77. The first-order valence-electron chi connectivity index (χ1n) is 4.68. The number of fused-ring (bicyclic) bond motifs is 1. The Morgan fingerprint density at radius 3 is 2.57 bits per heavy atom. The Hall–Kier alpha value is -0.791. The van der Waals surface area contributed by atoms with Crippen molar-refractivity contribution in [2.24, 2.45) is 0 Å². The van der Waals surface area contributed by atoms with E-state index in [4.69, 9.17) is 0 Å². The summed E-state index contributed by atoms with van der Waals surface area (Å²) in [5.41, 5.74) is 2.22. The molecule has 0 amide bonds. The summed E-state index contributed by atoms with van der Waals surface area (Å²) in [4.78, 5) is 7.94. The normalized spacial score (nSPS) is 12.2. The zero-order valence-electron chi connectivity index (χ0n) is 8.66. The summed E-state index contributed by atoms with van der Waals surface area (Å²) in [7, 11) is 0. The molecule has 2 nitrogen and oxygen atoms in total. The van der Waals surface area contributed by atoms with Gasteiger partial charge in [-0.3, -0.25) is 0 Å². The van der Waals surface area contributed by atoms with Gasteiger partial charge in [-0.1, -0.05) is 0 Å². The summed E-state index contributed by atoms with van der Waals surface area (Å²) in [6.07, 6.45) is 0. The van der Waals surface area contributed by atoms with Gasteiger partial charge in [-0.2, -0.15) is 0 Å². The second-order valence-electron chi connectivity index (χ2n) is 4.27. The van der Waals surface area contributed by atoms with Gasteiger partial charge < -0.3 is 0 Å². The van der Waals surface area contributed by atoms with Crippen molar-refractivity contribution in [1.82, 2.24) is 9.97 Å². The first kappa shape index (κ1) is 9.75. The fourth-order valence-electron chi connectivity index (χ4n) is 1.27. The van der Waals surface area contributed by atoms with Crippen LogP contribution in [-0.2, 0) is 0 Å². The molecule has 0 spiro atoms. The van der Waals surface area contributed by atoms with Crippen molar-refractivity contribution >= 4 is 30.7 Å². The molecule has 0 saturated carbocycles. The van der Waals surface area contributed by atoms with E-state index in [9.17, 15) is 0 Å². The van der Waals surface area contributed by atoms with E-state index in [-0.39, 0.29) is 0 Å². The van der Waals surface area contributed by atoms with E-state index in [0.29, 0.717) is 19.3 Å². The van der Waals surface area contributed by atoms with Crippen LogP contribution in [-0.4, -0.2) is 24.9 Å². The number of para-hydroxylation sites is 2. The van der Waals surface area contributed by atoms with Crippen LogP contribution in [0.4, 0.5) is 0 Å². The second kappa shape index (κ2) is 3.41. The molecule has 0 saturated heterocycles. The number of imidazole rings is 1. The van der Waals surface area contributed by atoms with Crippen molar-refractivity contribution in [3.63, 3.8) is 0 Å². The number of nitrogens with zero attached hydrogens (tertiary/aromatic N) is 1. The number of benzene rings is 1. The molecule has 2 aromatic rings. The molecule has 1 aromatic heterocycles. The number of nitrogens with one attached hydrogen (secondary N) is 1. The summed E-state index contributed by atoms with van der Waals surface area (Å²) in [5.74, 6) is 0. The molecule has 0 aliphatic heterocycles. The van der Waals surface area contributed by atoms with Gasteiger partial charge in [0.1, 0.15) is 0 Å². The molecule has 74 valence electrons. The van der Waals surface area contributed by atoms with Crippen LogP contribution in [0.5, 0.6) is 0 Å². The van der Waals surface area contributed by atoms with E-state index in [1.165, 1.54) is 0 Å². The summed E-state index contributed by atoms with van der Waals surface area (Å²) >= 11 is 0.409. The summed E-state index contributed by atoms with van der Waals surface area (Å²) in [6, 6.07) is 8.18. The Bertz CT molecular complexity index is 407. The Kier molecular flexibility index (Phi) is 2.38. The van der Waals surface area contributed by atoms with Crippen LogP contribution in [0.15, 0.2) is 24.3 Å². The van der Waals surface area contributed by atoms with Crippen LogP contribution in [0.2, 0.25) is 4.31 Å². The molecule has 0 radical (unpaired) electrons. The van der Waals surface area contributed by atoms with Gasteiger partial charge in [0, 0.05) is 0 Å². The van der Waals surface area contributed by atoms with Gasteiger partial charge in [0.2, 0.25) is 0 Å². The third-order valence-corrected chi connectivity index (χ3v) is 3.87. The standard InChI is InChI=1S/C11H14N2Se/c1-11(2,3)14-10-12-8-6-4-5-7-9(8)13-10/h4-7H,1-3H3,(H,12,13). The summed E-state index contributed by atoms with van der Waals surface area (Å²) in [5, 5.41) is 0. The van der Waals surface area contributed by atoms with Gasteiger partial charge >= 0.3 is 90.0 Å². The maximum absolute atomic E-state index is 4.57. The predicted molar refractivity (Wildman–Crippen MR) is 61.2 cm³/mol. The number of H-pyrrole nitrogens is 1. The van der Waals surface area contributed by atoms with Gasteiger partial charge in [-0.15, -0.1) is 0 Å². The number of hydrogen-bond acceptors (Lipinski definition) is 1.